The third kappa shape index (κ3) is 3.66. The lowest BCUT2D eigenvalue weighted by Gasteiger charge is -2.12. The number of hydrogen-bond acceptors (Lipinski definition) is 2. The number of anilines is 1. The fourth-order valence-electron chi connectivity index (χ4n) is 2.81. The molecule has 0 aliphatic heterocycles. The van der Waals surface area contributed by atoms with Gasteiger partial charge in [-0.2, -0.15) is 0 Å². The first kappa shape index (κ1) is 17.0. The van der Waals surface area contributed by atoms with Crippen LogP contribution in [0.3, 0.4) is 0 Å². The number of carbonyl (C=O) groups excluding carboxylic acids is 1. The number of rotatable bonds is 4. The smallest absolute Gasteiger partial charge is 0.291 e. The number of para-hydroxylation sites is 1. The topological polar surface area (TPSA) is 42.2 Å². The summed E-state index contributed by atoms with van der Waals surface area (Å²) < 4.78 is 5.79. The second kappa shape index (κ2) is 6.98. The van der Waals surface area contributed by atoms with Gasteiger partial charge < -0.3 is 9.73 Å². The Kier molecular flexibility index (Phi) is 4.75. The van der Waals surface area contributed by atoms with E-state index in [1.54, 1.807) is 6.07 Å². The van der Waals surface area contributed by atoms with Gasteiger partial charge in [0.05, 0.1) is 0 Å². The number of benzene rings is 2. The maximum Gasteiger partial charge on any atom is 0.291 e. The summed E-state index contributed by atoms with van der Waals surface area (Å²) in [5.74, 6) is 1.11. The zero-order chi connectivity index (χ0) is 18.0. The molecule has 0 radical (unpaired) electrons. The fraction of sp³-hybridized carbons (Fsp3) is 0.227. The first-order valence-corrected chi connectivity index (χ1v) is 8.53. The van der Waals surface area contributed by atoms with Crippen molar-refractivity contribution in [2.75, 3.05) is 5.32 Å². The lowest BCUT2D eigenvalue weighted by molar-refractivity contribution is 0.0997. The number of nitrogens with one attached hydrogen (secondary N) is 1. The Bertz CT molecular complexity index is 906. The van der Waals surface area contributed by atoms with E-state index in [1.165, 1.54) is 11.1 Å². The highest BCUT2D eigenvalue weighted by Crippen LogP contribution is 2.27. The van der Waals surface area contributed by atoms with Gasteiger partial charge in [0, 0.05) is 11.3 Å². The van der Waals surface area contributed by atoms with Crippen LogP contribution in [0.5, 0.6) is 0 Å². The van der Waals surface area contributed by atoms with Gasteiger partial charge in [0.25, 0.3) is 5.91 Å². The van der Waals surface area contributed by atoms with Gasteiger partial charge in [0.2, 0.25) is 0 Å². The molecule has 1 amide bonds. The monoisotopic (exact) mass is 333 g/mol. The highest BCUT2D eigenvalue weighted by Gasteiger charge is 2.15. The van der Waals surface area contributed by atoms with Crippen LogP contribution < -0.4 is 5.32 Å². The predicted molar refractivity (Wildman–Crippen MR) is 102 cm³/mol. The van der Waals surface area contributed by atoms with E-state index in [-0.39, 0.29) is 5.91 Å². The van der Waals surface area contributed by atoms with Crippen molar-refractivity contribution in [3.05, 3.63) is 77.0 Å². The molecular formula is C22H23NO2. The standard InChI is InChI=1S/C22H23NO2/c1-14(2)18-7-5-6-8-19(18)23-22(24)21-12-11-20(25-21)17-10-9-15(3)16(4)13-17/h5-14H,1-4H3,(H,23,24). The van der Waals surface area contributed by atoms with Crippen LogP contribution >= 0.6 is 0 Å². The number of aryl methyl sites for hydroxylation is 2. The molecule has 25 heavy (non-hydrogen) atoms. The van der Waals surface area contributed by atoms with Crippen LogP contribution in [0, 0.1) is 13.8 Å². The number of furan rings is 1. The summed E-state index contributed by atoms with van der Waals surface area (Å²) in [6.45, 7) is 8.36. The molecule has 0 bridgehead atoms. The van der Waals surface area contributed by atoms with Gasteiger partial charge >= 0.3 is 0 Å². The minimum atomic E-state index is -0.233. The Balaban J connectivity index is 1.83. The highest BCUT2D eigenvalue weighted by molar-refractivity contribution is 6.03. The molecule has 3 heteroatoms. The van der Waals surface area contributed by atoms with Crippen LogP contribution in [-0.2, 0) is 0 Å². The second-order valence-electron chi connectivity index (χ2n) is 6.66. The van der Waals surface area contributed by atoms with E-state index < -0.39 is 0 Å². The summed E-state index contributed by atoms with van der Waals surface area (Å²) in [5.41, 5.74) is 5.34. The third-order valence-electron chi connectivity index (χ3n) is 4.45. The summed E-state index contributed by atoms with van der Waals surface area (Å²) in [6.07, 6.45) is 0. The second-order valence-corrected chi connectivity index (χ2v) is 6.66. The lowest BCUT2D eigenvalue weighted by atomic mass is 10.0. The van der Waals surface area contributed by atoms with Gasteiger partial charge in [0.15, 0.2) is 5.76 Å². The summed E-state index contributed by atoms with van der Waals surface area (Å²) in [4.78, 5) is 12.5. The number of carbonyl (C=O) groups is 1. The van der Waals surface area contributed by atoms with E-state index in [1.807, 2.05) is 36.4 Å². The number of hydrogen-bond donors (Lipinski definition) is 1. The molecule has 1 N–H and O–H groups in total. The Morgan fingerprint density at radius 2 is 1.72 bits per heavy atom. The maximum absolute atomic E-state index is 12.5. The molecule has 0 unspecified atom stereocenters. The molecule has 0 spiro atoms. The van der Waals surface area contributed by atoms with Crippen molar-refractivity contribution in [2.24, 2.45) is 0 Å². The van der Waals surface area contributed by atoms with Crippen molar-refractivity contribution in [1.82, 2.24) is 0 Å². The van der Waals surface area contributed by atoms with Crippen LogP contribution in [-0.4, -0.2) is 5.91 Å². The van der Waals surface area contributed by atoms with Crippen LogP contribution in [0.2, 0.25) is 0 Å². The summed E-state index contributed by atoms with van der Waals surface area (Å²) in [6, 6.07) is 17.6. The molecule has 0 aliphatic rings. The van der Waals surface area contributed by atoms with E-state index in [2.05, 4.69) is 45.1 Å². The van der Waals surface area contributed by atoms with E-state index >= 15 is 0 Å². The van der Waals surface area contributed by atoms with E-state index in [0.717, 1.165) is 16.8 Å². The van der Waals surface area contributed by atoms with Crippen molar-refractivity contribution < 1.29 is 9.21 Å². The minimum Gasteiger partial charge on any atom is -0.451 e. The molecule has 2 aromatic carbocycles. The summed E-state index contributed by atoms with van der Waals surface area (Å²) in [5, 5.41) is 2.96. The molecule has 0 fully saturated rings. The van der Waals surface area contributed by atoms with Crippen LogP contribution in [0.4, 0.5) is 5.69 Å². The molecule has 3 aromatic rings. The fourth-order valence-corrected chi connectivity index (χ4v) is 2.81. The van der Waals surface area contributed by atoms with Crippen molar-refractivity contribution in [2.45, 2.75) is 33.6 Å². The Hall–Kier alpha value is -2.81. The van der Waals surface area contributed by atoms with Gasteiger partial charge in [-0.1, -0.05) is 44.2 Å². The van der Waals surface area contributed by atoms with Crippen LogP contribution in [0.25, 0.3) is 11.3 Å². The summed E-state index contributed by atoms with van der Waals surface area (Å²) in [7, 11) is 0. The van der Waals surface area contributed by atoms with Gasteiger partial charge in [-0.15, -0.1) is 0 Å². The van der Waals surface area contributed by atoms with E-state index in [0.29, 0.717) is 17.4 Å². The molecule has 1 aromatic heterocycles. The molecule has 0 saturated heterocycles. The van der Waals surface area contributed by atoms with Crippen molar-refractivity contribution in [1.29, 1.82) is 0 Å². The molecule has 0 atom stereocenters. The average molecular weight is 333 g/mol. The lowest BCUT2D eigenvalue weighted by Crippen LogP contribution is -2.12. The van der Waals surface area contributed by atoms with Gasteiger partial charge in [0.1, 0.15) is 5.76 Å². The largest absolute Gasteiger partial charge is 0.451 e. The minimum absolute atomic E-state index is 0.233. The molecule has 0 aliphatic carbocycles. The van der Waals surface area contributed by atoms with Crippen molar-refractivity contribution in [3.63, 3.8) is 0 Å². The molecule has 0 saturated carbocycles. The average Bonchev–Trinajstić information content (AvgIpc) is 3.08. The molecule has 128 valence electrons. The predicted octanol–water partition coefficient (Wildman–Crippen LogP) is 5.94. The van der Waals surface area contributed by atoms with Crippen LogP contribution in [0.1, 0.15) is 47.0 Å². The van der Waals surface area contributed by atoms with E-state index in [9.17, 15) is 4.79 Å². The van der Waals surface area contributed by atoms with Crippen molar-refractivity contribution in [3.8, 4) is 11.3 Å². The molecule has 1 heterocycles. The number of amides is 1. The van der Waals surface area contributed by atoms with Gasteiger partial charge in [-0.3, -0.25) is 4.79 Å². The first-order valence-electron chi connectivity index (χ1n) is 8.53. The molecular weight excluding hydrogens is 310 g/mol. The zero-order valence-electron chi connectivity index (χ0n) is 15.1. The van der Waals surface area contributed by atoms with Crippen molar-refractivity contribution >= 4 is 11.6 Å². The van der Waals surface area contributed by atoms with E-state index in [4.69, 9.17) is 4.42 Å². The first-order chi connectivity index (χ1) is 12.0. The Labute approximate surface area is 148 Å². The molecule has 3 rings (SSSR count). The molecule has 3 nitrogen and oxygen atoms in total. The van der Waals surface area contributed by atoms with Gasteiger partial charge in [-0.25, -0.2) is 0 Å². The Morgan fingerprint density at radius 1 is 0.960 bits per heavy atom. The Morgan fingerprint density at radius 3 is 2.44 bits per heavy atom. The zero-order valence-corrected chi connectivity index (χ0v) is 15.1. The summed E-state index contributed by atoms with van der Waals surface area (Å²) >= 11 is 0. The third-order valence-corrected chi connectivity index (χ3v) is 4.45. The highest BCUT2D eigenvalue weighted by atomic mass is 16.3. The normalized spacial score (nSPS) is 10.9. The van der Waals surface area contributed by atoms with Crippen LogP contribution in [0.15, 0.2) is 59.0 Å². The quantitative estimate of drug-likeness (QED) is 0.642. The SMILES string of the molecule is Cc1ccc(-c2ccc(C(=O)Nc3ccccc3C(C)C)o2)cc1C. The maximum atomic E-state index is 12.5. The van der Waals surface area contributed by atoms with Gasteiger partial charge in [-0.05, 0) is 60.7 Å².